The number of ether oxygens (including phenoxy) is 1. The number of aryl methyl sites for hydroxylation is 2. The molecule has 0 aromatic heterocycles. The minimum absolute atomic E-state index is 0.223. The minimum Gasteiger partial charge on any atom is -0.468 e. The van der Waals surface area contributed by atoms with Crippen molar-refractivity contribution in [3.8, 4) is 0 Å². The lowest BCUT2D eigenvalue weighted by molar-refractivity contribution is -0.141. The van der Waals surface area contributed by atoms with E-state index < -0.39 is 16.0 Å². The number of hydrogen-bond acceptors (Lipinski definition) is 4. The third-order valence-corrected chi connectivity index (χ3v) is 5.19. The summed E-state index contributed by atoms with van der Waals surface area (Å²) in [4.78, 5) is 11.6. The number of sulfonamides is 1. The Bertz CT molecular complexity index is 593. The molecule has 0 amide bonds. The molecule has 5 nitrogen and oxygen atoms in total. The second-order valence-corrected chi connectivity index (χ2v) is 6.85. The van der Waals surface area contributed by atoms with Crippen molar-refractivity contribution < 1.29 is 17.9 Å². The van der Waals surface area contributed by atoms with E-state index in [4.69, 9.17) is 0 Å². The van der Waals surface area contributed by atoms with E-state index in [1.807, 2.05) is 13.0 Å². The fourth-order valence-electron chi connectivity index (χ4n) is 1.95. The minimum atomic E-state index is -3.72. The van der Waals surface area contributed by atoms with Crippen LogP contribution in [0.25, 0.3) is 0 Å². The van der Waals surface area contributed by atoms with Gasteiger partial charge in [-0.1, -0.05) is 17.7 Å². The fourth-order valence-corrected chi connectivity index (χ4v) is 3.74. The van der Waals surface area contributed by atoms with Crippen molar-refractivity contribution in [1.82, 2.24) is 4.31 Å². The fraction of sp³-hybridized carbons (Fsp3) is 0.500. The lowest BCUT2D eigenvalue weighted by Gasteiger charge is -2.25. The summed E-state index contributed by atoms with van der Waals surface area (Å²) in [7, 11) is -2.48. The third kappa shape index (κ3) is 3.58. The summed E-state index contributed by atoms with van der Waals surface area (Å²) in [6.45, 7) is 6.81. The van der Waals surface area contributed by atoms with Gasteiger partial charge < -0.3 is 4.74 Å². The van der Waals surface area contributed by atoms with Gasteiger partial charge in [0.15, 0.2) is 0 Å². The van der Waals surface area contributed by atoms with E-state index in [2.05, 4.69) is 4.74 Å². The van der Waals surface area contributed by atoms with E-state index in [-0.39, 0.29) is 17.5 Å². The van der Waals surface area contributed by atoms with Gasteiger partial charge in [-0.05, 0) is 39.3 Å². The predicted octanol–water partition coefficient (Wildman–Crippen LogP) is 1.88. The molecule has 0 aliphatic rings. The topological polar surface area (TPSA) is 63.7 Å². The first kappa shape index (κ1) is 16.7. The Labute approximate surface area is 120 Å². The number of carbonyl (C=O) groups is 1. The molecule has 0 aliphatic carbocycles. The Morgan fingerprint density at radius 2 is 1.90 bits per heavy atom. The van der Waals surface area contributed by atoms with Crippen LogP contribution in [0.3, 0.4) is 0 Å². The van der Waals surface area contributed by atoms with Gasteiger partial charge in [-0.15, -0.1) is 0 Å². The van der Waals surface area contributed by atoms with E-state index in [0.29, 0.717) is 5.56 Å². The van der Waals surface area contributed by atoms with Gasteiger partial charge in [0, 0.05) is 6.04 Å². The van der Waals surface area contributed by atoms with E-state index in [9.17, 15) is 13.2 Å². The quantitative estimate of drug-likeness (QED) is 0.779. The molecular formula is C14H21NO4S. The first-order chi connectivity index (χ1) is 9.20. The van der Waals surface area contributed by atoms with Crippen molar-refractivity contribution in [2.45, 2.75) is 38.6 Å². The molecule has 1 rings (SSSR count). The van der Waals surface area contributed by atoms with Gasteiger partial charge in [-0.25, -0.2) is 8.42 Å². The summed E-state index contributed by atoms with van der Waals surface area (Å²) in [5, 5.41) is 0. The molecule has 0 aliphatic heterocycles. The molecule has 0 atom stereocenters. The maximum atomic E-state index is 12.7. The van der Waals surface area contributed by atoms with Crippen LogP contribution in [0.5, 0.6) is 0 Å². The highest BCUT2D eigenvalue weighted by molar-refractivity contribution is 7.89. The van der Waals surface area contributed by atoms with Gasteiger partial charge in [-0.2, -0.15) is 4.31 Å². The van der Waals surface area contributed by atoms with E-state index in [0.717, 1.165) is 9.87 Å². The van der Waals surface area contributed by atoms with Crippen LogP contribution < -0.4 is 0 Å². The second kappa shape index (κ2) is 6.37. The molecule has 1 aromatic rings. The number of esters is 1. The maximum absolute atomic E-state index is 12.7. The normalized spacial score (nSPS) is 11.9. The molecule has 0 N–H and O–H groups in total. The number of methoxy groups -OCH3 is 1. The smallest absolute Gasteiger partial charge is 0.321 e. The van der Waals surface area contributed by atoms with Crippen LogP contribution in [0.15, 0.2) is 23.1 Å². The van der Waals surface area contributed by atoms with E-state index in [1.165, 1.54) is 7.11 Å². The first-order valence-corrected chi connectivity index (χ1v) is 7.80. The van der Waals surface area contributed by atoms with Gasteiger partial charge in [-0.3, -0.25) is 4.79 Å². The lowest BCUT2D eigenvalue weighted by Crippen LogP contribution is -2.41. The highest BCUT2D eigenvalue weighted by Gasteiger charge is 2.30. The molecule has 0 bridgehead atoms. The highest BCUT2D eigenvalue weighted by atomic mass is 32.2. The molecule has 1 aromatic carbocycles. The summed E-state index contributed by atoms with van der Waals surface area (Å²) >= 11 is 0. The SMILES string of the molecule is COC(=O)CN(C(C)C)S(=O)(=O)c1ccc(C)cc1C. The Kier molecular flexibility index (Phi) is 5.30. The standard InChI is InChI=1S/C14H21NO4S/c1-10(2)15(9-14(16)19-5)20(17,18)13-7-6-11(3)8-12(13)4/h6-8,10H,9H2,1-5H3. The van der Waals surface area contributed by atoms with Crippen LogP contribution >= 0.6 is 0 Å². The number of benzene rings is 1. The highest BCUT2D eigenvalue weighted by Crippen LogP contribution is 2.22. The van der Waals surface area contributed by atoms with Crippen LogP contribution in [0.4, 0.5) is 0 Å². The van der Waals surface area contributed by atoms with Crippen LogP contribution in [0.1, 0.15) is 25.0 Å². The average Bonchev–Trinajstić information content (AvgIpc) is 2.34. The summed E-state index contributed by atoms with van der Waals surface area (Å²) in [5.41, 5.74) is 1.66. The van der Waals surface area contributed by atoms with E-state index >= 15 is 0 Å². The lowest BCUT2D eigenvalue weighted by atomic mass is 10.2. The van der Waals surface area contributed by atoms with Gasteiger partial charge >= 0.3 is 5.97 Å². The molecular weight excluding hydrogens is 278 g/mol. The molecule has 0 fully saturated rings. The molecule has 0 heterocycles. The number of carbonyl (C=O) groups excluding carboxylic acids is 1. The average molecular weight is 299 g/mol. The first-order valence-electron chi connectivity index (χ1n) is 6.36. The largest absolute Gasteiger partial charge is 0.468 e. The zero-order valence-electron chi connectivity index (χ0n) is 12.5. The summed E-state index contributed by atoms with van der Waals surface area (Å²) in [5.74, 6) is -0.577. The van der Waals surface area contributed by atoms with Crippen molar-refractivity contribution in [2.24, 2.45) is 0 Å². The van der Waals surface area contributed by atoms with Crippen LogP contribution in [0, 0.1) is 13.8 Å². The van der Waals surface area contributed by atoms with Gasteiger partial charge in [0.1, 0.15) is 6.54 Å². The molecule has 112 valence electrons. The van der Waals surface area contributed by atoms with Crippen LogP contribution in [0.2, 0.25) is 0 Å². The summed E-state index contributed by atoms with van der Waals surface area (Å²) in [6, 6.07) is 4.80. The third-order valence-electron chi connectivity index (χ3n) is 3.01. The molecule has 20 heavy (non-hydrogen) atoms. The van der Waals surface area contributed by atoms with Crippen molar-refractivity contribution in [1.29, 1.82) is 0 Å². The monoisotopic (exact) mass is 299 g/mol. The predicted molar refractivity (Wildman–Crippen MR) is 77.0 cm³/mol. The number of rotatable bonds is 5. The van der Waals surface area contributed by atoms with Crippen molar-refractivity contribution in [2.75, 3.05) is 13.7 Å². The molecule has 0 saturated carbocycles. The molecule has 0 unspecified atom stereocenters. The number of hydrogen-bond donors (Lipinski definition) is 0. The Morgan fingerprint density at radius 1 is 1.30 bits per heavy atom. The van der Waals surface area contributed by atoms with E-state index in [1.54, 1.807) is 32.9 Å². The van der Waals surface area contributed by atoms with Crippen LogP contribution in [-0.4, -0.2) is 38.4 Å². The Balaban J connectivity index is 3.26. The zero-order chi connectivity index (χ0) is 15.5. The maximum Gasteiger partial charge on any atom is 0.321 e. The molecule has 0 radical (unpaired) electrons. The summed E-state index contributed by atoms with van der Waals surface area (Å²) in [6.07, 6.45) is 0. The van der Waals surface area contributed by atoms with Crippen LogP contribution in [-0.2, 0) is 19.6 Å². The van der Waals surface area contributed by atoms with Gasteiger partial charge in [0.2, 0.25) is 10.0 Å². The van der Waals surface area contributed by atoms with Crippen molar-refractivity contribution in [3.05, 3.63) is 29.3 Å². The Hall–Kier alpha value is -1.40. The molecule has 0 spiro atoms. The Morgan fingerprint density at radius 3 is 2.35 bits per heavy atom. The van der Waals surface area contributed by atoms with Gasteiger partial charge in [0.05, 0.1) is 12.0 Å². The summed E-state index contributed by atoms with van der Waals surface area (Å²) < 4.78 is 31.1. The van der Waals surface area contributed by atoms with Gasteiger partial charge in [0.25, 0.3) is 0 Å². The molecule has 6 heteroatoms. The van der Waals surface area contributed by atoms with Crippen molar-refractivity contribution in [3.63, 3.8) is 0 Å². The van der Waals surface area contributed by atoms with Crippen molar-refractivity contribution >= 4 is 16.0 Å². The zero-order valence-corrected chi connectivity index (χ0v) is 13.3. The number of nitrogens with zero attached hydrogens (tertiary/aromatic N) is 1. The second-order valence-electron chi connectivity index (χ2n) is 4.99. The molecule has 0 saturated heterocycles.